The zero-order chi connectivity index (χ0) is 14.9. The van der Waals surface area contributed by atoms with Gasteiger partial charge in [-0.1, -0.05) is 0 Å². The van der Waals surface area contributed by atoms with E-state index in [1.807, 2.05) is 0 Å². The summed E-state index contributed by atoms with van der Waals surface area (Å²) in [5, 5.41) is 0. The van der Waals surface area contributed by atoms with Crippen molar-refractivity contribution in [2.45, 2.75) is 25.4 Å². The van der Waals surface area contributed by atoms with Crippen LogP contribution in [0.2, 0.25) is 0 Å². The van der Waals surface area contributed by atoms with Crippen LogP contribution in [0.4, 0.5) is 19.0 Å². The van der Waals surface area contributed by atoms with Crippen LogP contribution in [0.25, 0.3) is 0 Å². The van der Waals surface area contributed by atoms with Gasteiger partial charge < -0.3 is 9.80 Å². The highest BCUT2D eigenvalue weighted by atomic mass is 19.4. The second-order valence-electron chi connectivity index (χ2n) is 6.01. The second kappa shape index (κ2) is 5.83. The van der Waals surface area contributed by atoms with Gasteiger partial charge in [0, 0.05) is 25.8 Å². The van der Waals surface area contributed by atoms with Gasteiger partial charge >= 0.3 is 6.18 Å². The van der Waals surface area contributed by atoms with E-state index in [-0.39, 0.29) is 0 Å². The standard InChI is InChI=1S/C15H20F3N3/c16-15(17,18)13-3-4-14(19-9-13)21-8-5-12(11-21)10-20-6-1-2-7-20/h3-4,9,12H,1-2,5-8,10-11H2. The van der Waals surface area contributed by atoms with E-state index >= 15 is 0 Å². The number of hydrogen-bond donors (Lipinski definition) is 0. The Labute approximate surface area is 122 Å². The fourth-order valence-corrected chi connectivity index (χ4v) is 3.26. The minimum atomic E-state index is -4.31. The number of likely N-dealkylation sites (tertiary alicyclic amines) is 1. The first kappa shape index (κ1) is 14.6. The van der Waals surface area contributed by atoms with E-state index in [2.05, 4.69) is 14.8 Å². The van der Waals surface area contributed by atoms with Crippen molar-refractivity contribution in [2.24, 2.45) is 5.92 Å². The maximum absolute atomic E-state index is 12.5. The van der Waals surface area contributed by atoms with Gasteiger partial charge in [-0.3, -0.25) is 0 Å². The predicted octanol–water partition coefficient (Wildman–Crippen LogP) is 3.02. The monoisotopic (exact) mass is 299 g/mol. The molecule has 2 aliphatic rings. The van der Waals surface area contributed by atoms with Gasteiger partial charge in [-0.05, 0) is 50.4 Å². The Balaban J connectivity index is 1.58. The van der Waals surface area contributed by atoms with Gasteiger partial charge in [-0.15, -0.1) is 0 Å². The minimum Gasteiger partial charge on any atom is -0.356 e. The highest BCUT2D eigenvalue weighted by molar-refractivity contribution is 5.41. The second-order valence-corrected chi connectivity index (χ2v) is 6.01. The van der Waals surface area contributed by atoms with Crippen LogP contribution in [0.1, 0.15) is 24.8 Å². The largest absolute Gasteiger partial charge is 0.417 e. The van der Waals surface area contributed by atoms with Crippen molar-refractivity contribution in [3.05, 3.63) is 23.9 Å². The summed E-state index contributed by atoms with van der Waals surface area (Å²) in [5.74, 6) is 1.26. The summed E-state index contributed by atoms with van der Waals surface area (Å²) in [7, 11) is 0. The molecule has 0 bridgehead atoms. The molecule has 1 unspecified atom stereocenters. The molecule has 0 amide bonds. The number of aromatic nitrogens is 1. The molecule has 0 spiro atoms. The van der Waals surface area contributed by atoms with Crippen LogP contribution < -0.4 is 4.90 Å². The normalized spacial score (nSPS) is 24.0. The molecule has 6 heteroatoms. The highest BCUT2D eigenvalue weighted by Gasteiger charge is 2.31. The summed E-state index contributed by atoms with van der Waals surface area (Å²) in [4.78, 5) is 8.58. The van der Waals surface area contributed by atoms with Crippen molar-refractivity contribution in [1.82, 2.24) is 9.88 Å². The van der Waals surface area contributed by atoms with E-state index in [9.17, 15) is 13.2 Å². The van der Waals surface area contributed by atoms with E-state index in [1.54, 1.807) is 0 Å². The average Bonchev–Trinajstić information content (AvgIpc) is 3.10. The minimum absolute atomic E-state index is 0.604. The van der Waals surface area contributed by atoms with Crippen LogP contribution in [-0.2, 0) is 6.18 Å². The topological polar surface area (TPSA) is 19.4 Å². The zero-order valence-corrected chi connectivity index (χ0v) is 11.9. The molecule has 0 saturated carbocycles. The molecular weight excluding hydrogens is 279 g/mol. The third-order valence-electron chi connectivity index (χ3n) is 4.40. The van der Waals surface area contributed by atoms with Gasteiger partial charge in [0.2, 0.25) is 0 Å². The fraction of sp³-hybridized carbons (Fsp3) is 0.667. The number of nitrogens with zero attached hydrogens (tertiary/aromatic N) is 3. The molecule has 21 heavy (non-hydrogen) atoms. The number of pyridine rings is 1. The molecule has 0 aromatic carbocycles. The molecule has 2 aliphatic heterocycles. The number of alkyl halides is 3. The van der Waals surface area contributed by atoms with Gasteiger partial charge in [-0.2, -0.15) is 13.2 Å². The maximum atomic E-state index is 12.5. The summed E-state index contributed by atoms with van der Waals surface area (Å²) in [6.45, 7) is 5.27. The van der Waals surface area contributed by atoms with Crippen molar-refractivity contribution in [1.29, 1.82) is 0 Å². The summed E-state index contributed by atoms with van der Waals surface area (Å²) >= 11 is 0. The van der Waals surface area contributed by atoms with Crippen LogP contribution in [0, 0.1) is 5.92 Å². The van der Waals surface area contributed by atoms with Crippen LogP contribution >= 0.6 is 0 Å². The molecule has 0 radical (unpaired) electrons. The lowest BCUT2D eigenvalue weighted by molar-refractivity contribution is -0.137. The van der Waals surface area contributed by atoms with Crippen molar-refractivity contribution in [3.63, 3.8) is 0 Å². The lowest BCUT2D eigenvalue weighted by Gasteiger charge is -2.21. The predicted molar refractivity (Wildman–Crippen MR) is 75.2 cm³/mol. The molecule has 2 fully saturated rings. The molecule has 0 aliphatic carbocycles. The summed E-state index contributed by atoms with van der Waals surface area (Å²) in [6, 6.07) is 2.61. The molecule has 3 nitrogen and oxygen atoms in total. The lowest BCUT2D eigenvalue weighted by Crippen LogP contribution is -2.29. The Kier molecular flexibility index (Phi) is 4.06. The molecule has 3 rings (SSSR count). The smallest absolute Gasteiger partial charge is 0.356 e. The molecule has 1 atom stereocenters. The zero-order valence-electron chi connectivity index (χ0n) is 11.9. The Bertz CT molecular complexity index is 466. The SMILES string of the molecule is FC(F)(F)c1ccc(N2CCC(CN3CCCC3)C2)nc1. The first-order chi connectivity index (χ1) is 10.0. The molecule has 1 aromatic rings. The summed E-state index contributed by atoms with van der Waals surface area (Å²) < 4.78 is 37.6. The van der Waals surface area contributed by atoms with Gasteiger partial charge in [0.25, 0.3) is 0 Å². The van der Waals surface area contributed by atoms with Gasteiger partial charge in [0.1, 0.15) is 5.82 Å². The van der Waals surface area contributed by atoms with Crippen molar-refractivity contribution < 1.29 is 13.2 Å². The van der Waals surface area contributed by atoms with Crippen LogP contribution in [0.3, 0.4) is 0 Å². The molecular formula is C15H20F3N3. The molecule has 116 valence electrons. The molecule has 1 aromatic heterocycles. The van der Waals surface area contributed by atoms with Gasteiger partial charge in [0.05, 0.1) is 5.56 Å². The third kappa shape index (κ3) is 3.48. The number of hydrogen-bond acceptors (Lipinski definition) is 3. The van der Waals surface area contributed by atoms with E-state index in [0.717, 1.165) is 38.3 Å². The van der Waals surface area contributed by atoms with Crippen LogP contribution in [0.5, 0.6) is 0 Å². The first-order valence-corrected chi connectivity index (χ1v) is 7.53. The molecule has 0 N–H and O–H groups in total. The fourth-order valence-electron chi connectivity index (χ4n) is 3.26. The summed E-state index contributed by atoms with van der Waals surface area (Å²) in [6.07, 6.45) is 0.297. The third-order valence-corrected chi connectivity index (χ3v) is 4.40. The Hall–Kier alpha value is -1.30. The number of rotatable bonds is 3. The van der Waals surface area contributed by atoms with Crippen molar-refractivity contribution >= 4 is 5.82 Å². The Morgan fingerprint density at radius 2 is 1.90 bits per heavy atom. The van der Waals surface area contributed by atoms with Gasteiger partial charge in [-0.25, -0.2) is 4.98 Å². The van der Waals surface area contributed by atoms with Crippen molar-refractivity contribution in [3.8, 4) is 0 Å². The van der Waals surface area contributed by atoms with Crippen LogP contribution in [0.15, 0.2) is 18.3 Å². The number of anilines is 1. The van der Waals surface area contributed by atoms with Crippen molar-refractivity contribution in [2.75, 3.05) is 37.6 Å². The van der Waals surface area contributed by atoms with E-state index < -0.39 is 11.7 Å². The average molecular weight is 299 g/mol. The Morgan fingerprint density at radius 1 is 1.14 bits per heavy atom. The lowest BCUT2D eigenvalue weighted by atomic mass is 10.1. The maximum Gasteiger partial charge on any atom is 0.417 e. The van der Waals surface area contributed by atoms with E-state index in [1.165, 1.54) is 32.0 Å². The Morgan fingerprint density at radius 3 is 2.52 bits per heavy atom. The van der Waals surface area contributed by atoms with E-state index in [0.29, 0.717) is 11.7 Å². The quantitative estimate of drug-likeness (QED) is 0.855. The molecule has 3 heterocycles. The number of halogens is 3. The molecule has 2 saturated heterocycles. The summed E-state index contributed by atoms with van der Waals surface area (Å²) in [5.41, 5.74) is -0.681. The van der Waals surface area contributed by atoms with Gasteiger partial charge in [0.15, 0.2) is 0 Å². The van der Waals surface area contributed by atoms with Crippen LogP contribution in [-0.4, -0.2) is 42.6 Å². The van der Waals surface area contributed by atoms with E-state index in [4.69, 9.17) is 0 Å². The highest BCUT2D eigenvalue weighted by Crippen LogP contribution is 2.30. The first-order valence-electron chi connectivity index (χ1n) is 7.53.